The maximum Gasteiger partial charge on any atom is 2.00 e. The molecule has 0 spiro atoms. The molecule has 258 valence electrons. The molecule has 2 aromatic rings. The van der Waals surface area contributed by atoms with Crippen molar-refractivity contribution in [3.63, 3.8) is 0 Å². The number of rotatable bonds is 0. The summed E-state index contributed by atoms with van der Waals surface area (Å²) >= 11 is 0. The molecule has 0 aromatic heterocycles. The van der Waals surface area contributed by atoms with Crippen LogP contribution in [0.15, 0.2) is 36.4 Å². The van der Waals surface area contributed by atoms with Gasteiger partial charge in [0.05, 0.1) is 0 Å². The first-order valence-corrected chi connectivity index (χ1v) is 17.1. The quantitative estimate of drug-likeness (QED) is 0.263. The van der Waals surface area contributed by atoms with Crippen LogP contribution in [0.5, 0.6) is 11.5 Å². The monoisotopic (exact) mass is 666 g/mol. The van der Waals surface area contributed by atoms with Gasteiger partial charge in [-0.15, -0.1) is 11.5 Å². The summed E-state index contributed by atoms with van der Waals surface area (Å²) in [5.74, 6) is 0.412. The zero-order chi connectivity index (χ0) is 34.3. The number of hydrogen-bond acceptors (Lipinski definition) is 5. The van der Waals surface area contributed by atoms with Gasteiger partial charge in [0, 0.05) is 39.6 Å². The molecule has 0 bridgehead atoms. The molecule has 2 aromatic carbocycles. The Morgan fingerprint density at radius 1 is 0.391 bits per heavy atom. The van der Waals surface area contributed by atoms with E-state index in [1.165, 1.54) is 38.5 Å². The van der Waals surface area contributed by atoms with Gasteiger partial charge in [0.25, 0.3) is 0 Å². The van der Waals surface area contributed by atoms with E-state index in [0.717, 1.165) is 61.9 Å². The third-order valence-corrected chi connectivity index (χ3v) is 7.74. The Bertz CT molecular complexity index is 904. The van der Waals surface area contributed by atoms with Crippen LogP contribution in [0.1, 0.15) is 144 Å². The molecule has 0 saturated carbocycles. The fourth-order valence-electron chi connectivity index (χ4n) is 4.97. The Morgan fingerprint density at radius 3 is 0.674 bits per heavy atom. The smallest absolute Gasteiger partial charge is 0.872 e. The van der Waals surface area contributed by atoms with Gasteiger partial charge in [0.1, 0.15) is 0 Å². The Labute approximate surface area is 313 Å². The summed E-state index contributed by atoms with van der Waals surface area (Å²) in [4.78, 5) is 0. The molecule has 3 saturated heterocycles. The van der Waals surface area contributed by atoms with Crippen molar-refractivity contribution in [2.45, 2.75) is 143 Å². The van der Waals surface area contributed by atoms with Gasteiger partial charge in [0.15, 0.2) is 0 Å². The minimum atomic E-state index is -0.0711. The second kappa shape index (κ2) is 21.3. The summed E-state index contributed by atoms with van der Waals surface area (Å²) < 4.78 is 14.8. The van der Waals surface area contributed by atoms with Gasteiger partial charge in [0.2, 0.25) is 0 Å². The first-order chi connectivity index (χ1) is 20.8. The zero-order valence-corrected chi connectivity index (χ0v) is 33.9. The summed E-state index contributed by atoms with van der Waals surface area (Å²) in [6, 6.07) is 11.7. The maximum absolute atomic E-state index is 12.3. The van der Waals surface area contributed by atoms with E-state index in [0.29, 0.717) is 0 Å². The predicted molar refractivity (Wildman–Crippen MR) is 192 cm³/mol. The number of hydrogen-bond donors (Lipinski definition) is 0. The molecule has 3 fully saturated rings. The van der Waals surface area contributed by atoms with Crippen molar-refractivity contribution in [1.82, 2.24) is 0 Å². The predicted octanol–water partition coefficient (Wildman–Crippen LogP) is 8.72. The first-order valence-electron chi connectivity index (χ1n) is 17.1. The van der Waals surface area contributed by atoms with Crippen molar-refractivity contribution in [1.29, 1.82) is 0 Å². The van der Waals surface area contributed by atoms with Crippen LogP contribution in [-0.4, -0.2) is 77.4 Å². The topological polar surface area (TPSA) is 73.8 Å². The molecule has 0 unspecified atom stereocenters. The molecular formula is C40H66CaO5. The molecular weight excluding hydrogens is 601 g/mol. The van der Waals surface area contributed by atoms with Crippen LogP contribution in [0.2, 0.25) is 0 Å². The molecule has 0 N–H and O–H groups in total. The van der Waals surface area contributed by atoms with E-state index >= 15 is 0 Å². The van der Waals surface area contributed by atoms with E-state index in [4.69, 9.17) is 14.2 Å². The summed E-state index contributed by atoms with van der Waals surface area (Å²) in [6.45, 7) is 31.0. The standard InChI is InChI=1S/2C14H22O.3C4H8O.Ca/c2*1-13(2,3)10-8-7-9-11(12(10)15)14(4,5)6;3*1-2-4-5-3-1;/h2*7-9,15H,1-6H3;3*1-4H2;/q;;;;;+2/p-2. The average Bonchev–Trinajstić information content (AvgIpc) is 3.74. The molecule has 3 heterocycles. The van der Waals surface area contributed by atoms with E-state index in [9.17, 15) is 10.2 Å². The average molecular weight is 667 g/mol. The maximum atomic E-state index is 12.3. The van der Waals surface area contributed by atoms with Gasteiger partial charge >= 0.3 is 37.7 Å². The van der Waals surface area contributed by atoms with Crippen LogP contribution in [0, 0.1) is 0 Å². The molecule has 0 aliphatic carbocycles. The van der Waals surface area contributed by atoms with Crippen molar-refractivity contribution in [2.75, 3.05) is 39.6 Å². The van der Waals surface area contributed by atoms with E-state index < -0.39 is 0 Å². The van der Waals surface area contributed by atoms with Crippen LogP contribution in [0.4, 0.5) is 0 Å². The van der Waals surface area contributed by atoms with Gasteiger partial charge in [-0.25, -0.2) is 0 Å². The molecule has 6 heteroatoms. The summed E-state index contributed by atoms with van der Waals surface area (Å²) in [5.41, 5.74) is 3.36. The second-order valence-corrected chi connectivity index (χ2v) is 16.3. The molecule has 5 nitrogen and oxygen atoms in total. The van der Waals surface area contributed by atoms with E-state index in [-0.39, 0.29) is 70.9 Å². The fourth-order valence-corrected chi connectivity index (χ4v) is 4.97. The SMILES string of the molecule is C1CCOC1.C1CCOC1.C1CCOC1.CC(C)(C)c1cccc(C(C)(C)C)c1[O-].CC(C)(C)c1cccc(C(C)(C)C)c1[O-].[Ca+2]. The first kappa shape index (κ1) is 45.2. The number of ether oxygens (including phenoxy) is 3. The molecule has 0 radical (unpaired) electrons. The number of benzene rings is 2. The van der Waals surface area contributed by atoms with Crippen LogP contribution in [0.25, 0.3) is 0 Å². The minimum Gasteiger partial charge on any atom is -0.872 e. The number of para-hydroxylation sites is 2. The van der Waals surface area contributed by atoms with Crippen LogP contribution in [-0.2, 0) is 35.9 Å². The summed E-state index contributed by atoms with van der Waals surface area (Å²) in [5, 5.41) is 24.5. The third-order valence-electron chi connectivity index (χ3n) is 7.74. The van der Waals surface area contributed by atoms with Crippen LogP contribution < -0.4 is 10.2 Å². The summed E-state index contributed by atoms with van der Waals surface area (Å²) in [7, 11) is 0. The molecule has 5 rings (SSSR count). The van der Waals surface area contributed by atoms with Crippen molar-refractivity contribution in [3.8, 4) is 11.5 Å². The van der Waals surface area contributed by atoms with Crippen molar-refractivity contribution < 1.29 is 24.4 Å². The largest absolute Gasteiger partial charge is 2.00 e. The molecule has 0 amide bonds. The van der Waals surface area contributed by atoms with Gasteiger partial charge in [-0.1, -0.05) is 142 Å². The van der Waals surface area contributed by atoms with E-state index in [1.54, 1.807) is 0 Å². The Morgan fingerprint density at radius 2 is 0.565 bits per heavy atom. The van der Waals surface area contributed by atoms with E-state index in [1.807, 2.05) is 36.4 Å². The van der Waals surface area contributed by atoms with Crippen LogP contribution >= 0.6 is 0 Å². The van der Waals surface area contributed by atoms with Gasteiger partial charge < -0.3 is 24.4 Å². The molecule has 46 heavy (non-hydrogen) atoms. The van der Waals surface area contributed by atoms with E-state index in [2.05, 4.69) is 83.1 Å². The van der Waals surface area contributed by atoms with Crippen LogP contribution in [0.3, 0.4) is 0 Å². The molecule has 0 atom stereocenters. The Kier molecular flexibility index (Phi) is 20.9. The molecule has 3 aliphatic heterocycles. The normalized spacial score (nSPS) is 16.3. The van der Waals surface area contributed by atoms with Gasteiger partial charge in [-0.05, 0) is 60.2 Å². The van der Waals surface area contributed by atoms with Gasteiger partial charge in [-0.2, -0.15) is 0 Å². The fraction of sp³-hybridized carbons (Fsp3) is 0.700. The Hall–Kier alpha value is -0.820. The van der Waals surface area contributed by atoms with Crippen molar-refractivity contribution in [3.05, 3.63) is 58.7 Å². The summed E-state index contributed by atoms with van der Waals surface area (Å²) in [6.07, 6.45) is 7.67. The van der Waals surface area contributed by atoms with Crippen molar-refractivity contribution >= 4 is 37.7 Å². The Balaban J connectivity index is 0.000000600. The third kappa shape index (κ3) is 17.5. The minimum absolute atomic E-state index is 0. The van der Waals surface area contributed by atoms with Gasteiger partial charge in [-0.3, -0.25) is 0 Å². The molecule has 3 aliphatic rings. The zero-order valence-electron chi connectivity index (χ0n) is 31.7. The van der Waals surface area contributed by atoms with Crippen molar-refractivity contribution in [2.24, 2.45) is 0 Å². The second-order valence-electron chi connectivity index (χ2n) is 16.3.